The number of nitrogens with zero attached hydrogens (tertiary/aromatic N) is 2. The smallest absolute Gasteiger partial charge is 0.309 e. The van der Waals surface area contributed by atoms with Crippen molar-refractivity contribution < 1.29 is 14.3 Å². The van der Waals surface area contributed by atoms with Crippen molar-refractivity contribution >= 4 is 17.7 Å². The second kappa shape index (κ2) is 5.34. The monoisotopic (exact) mass is 259 g/mol. The van der Waals surface area contributed by atoms with Crippen molar-refractivity contribution in [3.8, 4) is 11.6 Å². The molecule has 0 aliphatic carbocycles. The summed E-state index contributed by atoms with van der Waals surface area (Å²) in [5.74, 6) is -0.117. The molecule has 0 spiro atoms. The van der Waals surface area contributed by atoms with Crippen LogP contribution in [-0.2, 0) is 9.59 Å². The molecule has 0 atom stereocenters. The first-order chi connectivity index (χ1) is 9.06. The van der Waals surface area contributed by atoms with Crippen LogP contribution < -0.4 is 10.1 Å². The van der Waals surface area contributed by atoms with Crippen molar-refractivity contribution in [3.05, 3.63) is 36.4 Å². The van der Waals surface area contributed by atoms with E-state index in [1.807, 2.05) is 30.3 Å². The molecule has 0 aliphatic heterocycles. The third-order valence-corrected chi connectivity index (χ3v) is 2.23. The standard InChI is InChI=1S/C13H13N3O3/c1-9(17)14-12-8-13(19-10(2)18)16(15-12)11-6-4-3-5-7-11/h3-8H,1-2H3,(H,14,15,17). The van der Waals surface area contributed by atoms with Crippen molar-refractivity contribution in [2.24, 2.45) is 0 Å². The minimum absolute atomic E-state index is 0.243. The molecular weight excluding hydrogens is 246 g/mol. The van der Waals surface area contributed by atoms with Gasteiger partial charge in [-0.1, -0.05) is 18.2 Å². The fraction of sp³-hybridized carbons (Fsp3) is 0.154. The van der Waals surface area contributed by atoms with Gasteiger partial charge in [-0.2, -0.15) is 4.68 Å². The van der Waals surface area contributed by atoms with Gasteiger partial charge < -0.3 is 10.1 Å². The highest BCUT2D eigenvalue weighted by Gasteiger charge is 2.13. The van der Waals surface area contributed by atoms with Crippen molar-refractivity contribution in [2.45, 2.75) is 13.8 Å². The maximum absolute atomic E-state index is 11.1. The van der Waals surface area contributed by atoms with E-state index in [2.05, 4.69) is 10.4 Å². The minimum atomic E-state index is -0.452. The summed E-state index contributed by atoms with van der Waals surface area (Å²) in [7, 11) is 0. The molecule has 0 saturated carbocycles. The highest BCUT2D eigenvalue weighted by atomic mass is 16.5. The molecule has 98 valence electrons. The molecule has 1 amide bonds. The molecule has 2 aromatic rings. The number of carbonyl (C=O) groups is 2. The van der Waals surface area contributed by atoms with Crippen LogP contribution in [0.3, 0.4) is 0 Å². The molecule has 1 heterocycles. The lowest BCUT2D eigenvalue weighted by Crippen LogP contribution is -2.08. The fourth-order valence-corrected chi connectivity index (χ4v) is 1.58. The first-order valence-corrected chi connectivity index (χ1v) is 5.68. The van der Waals surface area contributed by atoms with Gasteiger partial charge in [0, 0.05) is 19.9 Å². The van der Waals surface area contributed by atoms with Gasteiger partial charge in [0.1, 0.15) is 0 Å². The lowest BCUT2D eigenvalue weighted by molar-refractivity contribution is -0.132. The average molecular weight is 259 g/mol. The van der Waals surface area contributed by atoms with E-state index in [0.29, 0.717) is 5.82 Å². The largest absolute Gasteiger partial charge is 0.407 e. The molecule has 1 N–H and O–H groups in total. The zero-order valence-corrected chi connectivity index (χ0v) is 10.6. The quantitative estimate of drug-likeness (QED) is 0.852. The van der Waals surface area contributed by atoms with Gasteiger partial charge in [0.25, 0.3) is 0 Å². The summed E-state index contributed by atoms with van der Waals surface area (Å²) >= 11 is 0. The van der Waals surface area contributed by atoms with Crippen LogP contribution in [0.5, 0.6) is 5.88 Å². The molecule has 0 aliphatic rings. The summed E-state index contributed by atoms with van der Waals surface area (Å²) in [6.45, 7) is 2.69. The molecule has 0 unspecified atom stereocenters. The van der Waals surface area contributed by atoms with Crippen molar-refractivity contribution in [1.29, 1.82) is 0 Å². The van der Waals surface area contributed by atoms with Gasteiger partial charge in [-0.3, -0.25) is 9.59 Å². The predicted octanol–water partition coefficient (Wildman–Crippen LogP) is 1.76. The van der Waals surface area contributed by atoms with Crippen molar-refractivity contribution in [2.75, 3.05) is 5.32 Å². The Kier molecular flexibility index (Phi) is 3.61. The first-order valence-electron chi connectivity index (χ1n) is 5.68. The van der Waals surface area contributed by atoms with E-state index in [0.717, 1.165) is 5.69 Å². The summed E-state index contributed by atoms with van der Waals surface area (Å²) in [5, 5.41) is 6.73. The van der Waals surface area contributed by atoms with E-state index in [1.54, 1.807) is 0 Å². The molecule has 0 fully saturated rings. The van der Waals surface area contributed by atoms with Crippen molar-refractivity contribution in [1.82, 2.24) is 9.78 Å². The molecule has 0 saturated heterocycles. The van der Waals surface area contributed by atoms with Gasteiger partial charge in [0.15, 0.2) is 5.82 Å². The third kappa shape index (κ3) is 3.19. The predicted molar refractivity (Wildman–Crippen MR) is 69.2 cm³/mol. The van der Waals surface area contributed by atoms with Gasteiger partial charge in [-0.05, 0) is 12.1 Å². The lowest BCUT2D eigenvalue weighted by atomic mass is 10.3. The Bertz CT molecular complexity index is 605. The van der Waals surface area contributed by atoms with Crippen molar-refractivity contribution in [3.63, 3.8) is 0 Å². The molecule has 1 aromatic carbocycles. The van der Waals surface area contributed by atoms with Crippen LogP contribution in [-0.4, -0.2) is 21.7 Å². The van der Waals surface area contributed by atoms with Crippen LogP contribution in [0.2, 0.25) is 0 Å². The van der Waals surface area contributed by atoms with E-state index < -0.39 is 5.97 Å². The van der Waals surface area contributed by atoms with E-state index in [9.17, 15) is 9.59 Å². The van der Waals surface area contributed by atoms with E-state index in [1.165, 1.54) is 24.6 Å². The lowest BCUT2D eigenvalue weighted by Gasteiger charge is -2.05. The number of amides is 1. The number of nitrogens with one attached hydrogen (secondary N) is 1. The van der Waals surface area contributed by atoms with Crippen LogP contribution in [0, 0.1) is 0 Å². The zero-order chi connectivity index (χ0) is 13.8. The minimum Gasteiger partial charge on any atom is -0.407 e. The molecule has 6 nitrogen and oxygen atoms in total. The van der Waals surface area contributed by atoms with Gasteiger partial charge in [0.05, 0.1) is 5.69 Å². The fourth-order valence-electron chi connectivity index (χ4n) is 1.58. The number of hydrogen-bond donors (Lipinski definition) is 1. The number of benzene rings is 1. The highest BCUT2D eigenvalue weighted by molar-refractivity contribution is 5.87. The zero-order valence-electron chi connectivity index (χ0n) is 10.6. The van der Waals surface area contributed by atoms with Crippen LogP contribution in [0.25, 0.3) is 5.69 Å². The number of hydrogen-bond acceptors (Lipinski definition) is 4. The Morgan fingerprint density at radius 2 is 1.89 bits per heavy atom. The number of para-hydroxylation sites is 1. The third-order valence-electron chi connectivity index (χ3n) is 2.23. The summed E-state index contributed by atoms with van der Waals surface area (Å²) in [6.07, 6.45) is 0. The van der Waals surface area contributed by atoms with E-state index in [4.69, 9.17) is 4.74 Å². The number of ether oxygens (including phenoxy) is 1. The normalized spacial score (nSPS) is 10.0. The van der Waals surface area contributed by atoms with Gasteiger partial charge >= 0.3 is 5.97 Å². The maximum Gasteiger partial charge on any atom is 0.309 e. The summed E-state index contributed by atoms with van der Waals surface area (Å²) < 4.78 is 6.52. The summed E-state index contributed by atoms with van der Waals surface area (Å²) in [6, 6.07) is 10.7. The molecule has 1 aromatic heterocycles. The number of anilines is 1. The number of carbonyl (C=O) groups excluding carboxylic acids is 2. The van der Waals surface area contributed by atoms with Crippen LogP contribution in [0.1, 0.15) is 13.8 Å². The Labute approximate surface area is 110 Å². The Balaban J connectivity index is 2.42. The maximum atomic E-state index is 11.1. The van der Waals surface area contributed by atoms with Gasteiger partial charge in [-0.25, -0.2) is 0 Å². The topological polar surface area (TPSA) is 73.2 Å². The first kappa shape index (κ1) is 12.8. The summed E-state index contributed by atoms with van der Waals surface area (Å²) in [4.78, 5) is 22.1. The Morgan fingerprint density at radius 1 is 1.21 bits per heavy atom. The molecule has 6 heteroatoms. The molecule has 0 radical (unpaired) electrons. The Hall–Kier alpha value is -2.63. The SMILES string of the molecule is CC(=O)Nc1cc(OC(C)=O)n(-c2ccccc2)n1. The number of aromatic nitrogens is 2. The average Bonchev–Trinajstić information content (AvgIpc) is 2.71. The summed E-state index contributed by atoms with van der Waals surface area (Å²) in [5.41, 5.74) is 0.732. The van der Waals surface area contributed by atoms with Crippen LogP contribution in [0.15, 0.2) is 36.4 Å². The van der Waals surface area contributed by atoms with E-state index in [-0.39, 0.29) is 11.8 Å². The van der Waals surface area contributed by atoms with Gasteiger partial charge in [-0.15, -0.1) is 5.10 Å². The van der Waals surface area contributed by atoms with Gasteiger partial charge in [0.2, 0.25) is 11.8 Å². The second-order valence-electron chi connectivity index (χ2n) is 3.89. The second-order valence-corrected chi connectivity index (χ2v) is 3.89. The molecular formula is C13H13N3O3. The molecule has 0 bridgehead atoms. The van der Waals surface area contributed by atoms with Crippen LogP contribution >= 0.6 is 0 Å². The molecule has 19 heavy (non-hydrogen) atoms. The number of esters is 1. The van der Waals surface area contributed by atoms with E-state index >= 15 is 0 Å². The Morgan fingerprint density at radius 3 is 2.47 bits per heavy atom. The highest BCUT2D eigenvalue weighted by Crippen LogP contribution is 2.22. The molecule has 2 rings (SSSR count). The van der Waals surface area contributed by atoms with Crippen LogP contribution in [0.4, 0.5) is 5.82 Å². The number of rotatable bonds is 3.